The van der Waals surface area contributed by atoms with Gasteiger partial charge in [-0.25, -0.2) is 0 Å². The lowest BCUT2D eigenvalue weighted by Crippen LogP contribution is -2.07. The molecule has 0 saturated heterocycles. The lowest BCUT2D eigenvalue weighted by molar-refractivity contribution is -0.137. The molecule has 0 bridgehead atoms. The van der Waals surface area contributed by atoms with E-state index in [0.29, 0.717) is 5.56 Å². The number of nitrogens with zero attached hydrogens (tertiary/aromatic N) is 1. The third kappa shape index (κ3) is 2.85. The number of alkyl halides is 3. The van der Waals surface area contributed by atoms with Crippen LogP contribution in [0.15, 0.2) is 53.7 Å². The Kier molecular flexibility index (Phi) is 3.85. The van der Waals surface area contributed by atoms with Crippen LogP contribution in [0.5, 0.6) is 0 Å². The van der Waals surface area contributed by atoms with Crippen LogP contribution in [0.1, 0.15) is 22.8 Å². The molecule has 1 N–H and O–H groups in total. The molecule has 2 aromatic rings. The Morgan fingerprint density at radius 3 is 2.25 bits per heavy atom. The fourth-order valence-electron chi connectivity index (χ4n) is 1.85. The van der Waals surface area contributed by atoms with Crippen LogP contribution >= 0.6 is 0 Å². The molecule has 0 spiro atoms. The first-order valence-corrected chi connectivity index (χ1v) is 5.71. The highest BCUT2D eigenvalue weighted by Crippen LogP contribution is 2.36. The Balaban J connectivity index is 2.51. The van der Waals surface area contributed by atoms with Crippen molar-refractivity contribution in [2.24, 2.45) is 5.18 Å². The number of aliphatic hydroxyl groups is 1. The van der Waals surface area contributed by atoms with Crippen LogP contribution in [0.25, 0.3) is 0 Å². The van der Waals surface area contributed by atoms with Gasteiger partial charge in [0.2, 0.25) is 0 Å². The van der Waals surface area contributed by atoms with Gasteiger partial charge in [-0.1, -0.05) is 30.3 Å². The number of hydrogen-bond acceptors (Lipinski definition) is 3. The largest absolute Gasteiger partial charge is 0.416 e. The lowest BCUT2D eigenvalue weighted by atomic mass is 9.98. The van der Waals surface area contributed by atoms with E-state index in [1.807, 2.05) is 0 Å². The van der Waals surface area contributed by atoms with Gasteiger partial charge >= 0.3 is 6.18 Å². The molecule has 0 heterocycles. The molecule has 104 valence electrons. The molecule has 0 fully saturated rings. The van der Waals surface area contributed by atoms with Gasteiger partial charge < -0.3 is 5.11 Å². The summed E-state index contributed by atoms with van der Waals surface area (Å²) < 4.78 is 38.0. The lowest BCUT2D eigenvalue weighted by Gasteiger charge is -2.15. The van der Waals surface area contributed by atoms with Gasteiger partial charge in [0.05, 0.1) is 5.56 Å². The zero-order valence-corrected chi connectivity index (χ0v) is 10.1. The molecule has 2 aromatic carbocycles. The SMILES string of the molecule is O=Nc1ccc(C(F)(F)F)cc1C(O)c1ccccc1. The molecule has 1 atom stereocenters. The smallest absolute Gasteiger partial charge is 0.384 e. The van der Waals surface area contributed by atoms with E-state index in [0.717, 1.165) is 18.2 Å². The molecule has 0 amide bonds. The summed E-state index contributed by atoms with van der Waals surface area (Å²) in [6.45, 7) is 0. The van der Waals surface area contributed by atoms with E-state index >= 15 is 0 Å². The van der Waals surface area contributed by atoms with Crippen molar-refractivity contribution >= 4 is 5.69 Å². The van der Waals surface area contributed by atoms with Crippen LogP contribution in [-0.2, 0) is 6.18 Å². The Morgan fingerprint density at radius 2 is 1.70 bits per heavy atom. The third-order valence-electron chi connectivity index (χ3n) is 2.86. The number of hydrogen-bond donors (Lipinski definition) is 1. The maximum Gasteiger partial charge on any atom is 0.416 e. The number of benzene rings is 2. The van der Waals surface area contributed by atoms with E-state index < -0.39 is 17.8 Å². The first kappa shape index (κ1) is 14.2. The molecule has 0 aliphatic heterocycles. The number of halogens is 3. The average Bonchev–Trinajstić information content (AvgIpc) is 2.45. The maximum absolute atomic E-state index is 12.7. The normalized spacial score (nSPS) is 13.0. The van der Waals surface area contributed by atoms with E-state index in [4.69, 9.17) is 0 Å². The second kappa shape index (κ2) is 5.42. The van der Waals surface area contributed by atoms with E-state index in [9.17, 15) is 23.2 Å². The molecule has 0 aliphatic rings. The van der Waals surface area contributed by atoms with Crippen molar-refractivity contribution in [3.8, 4) is 0 Å². The maximum atomic E-state index is 12.7. The molecule has 0 aromatic heterocycles. The van der Waals surface area contributed by atoms with Crippen molar-refractivity contribution in [3.05, 3.63) is 70.1 Å². The van der Waals surface area contributed by atoms with Crippen molar-refractivity contribution in [2.75, 3.05) is 0 Å². The van der Waals surface area contributed by atoms with Crippen LogP contribution < -0.4 is 0 Å². The van der Waals surface area contributed by atoms with Crippen molar-refractivity contribution in [1.29, 1.82) is 0 Å². The van der Waals surface area contributed by atoms with Gasteiger partial charge in [-0.2, -0.15) is 13.2 Å². The third-order valence-corrected chi connectivity index (χ3v) is 2.86. The average molecular weight is 281 g/mol. The van der Waals surface area contributed by atoms with Crippen molar-refractivity contribution in [3.63, 3.8) is 0 Å². The summed E-state index contributed by atoms with van der Waals surface area (Å²) in [6, 6.07) is 10.6. The molecule has 0 radical (unpaired) electrons. The molecule has 6 heteroatoms. The predicted molar refractivity (Wildman–Crippen MR) is 67.4 cm³/mol. The van der Waals surface area contributed by atoms with Crippen molar-refractivity contribution in [2.45, 2.75) is 12.3 Å². The Morgan fingerprint density at radius 1 is 1.05 bits per heavy atom. The zero-order valence-electron chi connectivity index (χ0n) is 10.1. The molecule has 20 heavy (non-hydrogen) atoms. The van der Waals surface area contributed by atoms with E-state index in [2.05, 4.69) is 5.18 Å². The fraction of sp³-hybridized carbons (Fsp3) is 0.143. The van der Waals surface area contributed by atoms with E-state index in [1.54, 1.807) is 30.3 Å². The second-order valence-electron chi connectivity index (χ2n) is 4.18. The van der Waals surface area contributed by atoms with Gasteiger partial charge in [0, 0.05) is 5.56 Å². The summed E-state index contributed by atoms with van der Waals surface area (Å²) in [6.07, 6.45) is -5.89. The van der Waals surface area contributed by atoms with E-state index in [-0.39, 0.29) is 11.3 Å². The summed E-state index contributed by atoms with van der Waals surface area (Å²) in [4.78, 5) is 10.7. The Hall–Kier alpha value is -2.21. The molecule has 2 rings (SSSR count). The summed E-state index contributed by atoms with van der Waals surface area (Å²) in [7, 11) is 0. The minimum atomic E-state index is -4.55. The van der Waals surface area contributed by atoms with Crippen molar-refractivity contribution < 1.29 is 18.3 Å². The summed E-state index contributed by atoms with van der Waals surface area (Å²) in [5.74, 6) is 0. The first-order chi connectivity index (χ1) is 9.43. The molecule has 0 aliphatic carbocycles. The highest BCUT2D eigenvalue weighted by Gasteiger charge is 2.32. The summed E-state index contributed by atoms with van der Waals surface area (Å²) in [5, 5.41) is 12.8. The molecular weight excluding hydrogens is 271 g/mol. The van der Waals surface area contributed by atoms with Gasteiger partial charge in [0.1, 0.15) is 11.8 Å². The Bertz CT molecular complexity index is 612. The van der Waals surface area contributed by atoms with Crippen LogP contribution in [0.4, 0.5) is 18.9 Å². The Labute approximate surface area is 112 Å². The summed E-state index contributed by atoms with van der Waals surface area (Å²) in [5.41, 5.74) is -0.929. The minimum Gasteiger partial charge on any atom is -0.384 e. The van der Waals surface area contributed by atoms with Crippen LogP contribution in [-0.4, -0.2) is 5.11 Å². The molecule has 1 unspecified atom stereocenters. The molecule has 0 saturated carbocycles. The van der Waals surface area contributed by atoms with Gasteiger partial charge in [-0.05, 0) is 28.9 Å². The zero-order chi connectivity index (χ0) is 14.8. The molecule has 3 nitrogen and oxygen atoms in total. The number of nitroso groups, excluding NO2 is 1. The minimum absolute atomic E-state index is 0.166. The topological polar surface area (TPSA) is 49.7 Å². The monoisotopic (exact) mass is 281 g/mol. The van der Waals surface area contributed by atoms with Crippen LogP contribution in [0, 0.1) is 4.91 Å². The first-order valence-electron chi connectivity index (χ1n) is 5.71. The van der Waals surface area contributed by atoms with Crippen molar-refractivity contribution in [1.82, 2.24) is 0 Å². The van der Waals surface area contributed by atoms with E-state index in [1.165, 1.54) is 0 Å². The number of rotatable bonds is 3. The van der Waals surface area contributed by atoms with Gasteiger partial charge in [0.15, 0.2) is 0 Å². The van der Waals surface area contributed by atoms with Gasteiger partial charge in [0.25, 0.3) is 0 Å². The van der Waals surface area contributed by atoms with Gasteiger partial charge in [-0.3, -0.25) is 0 Å². The second-order valence-corrected chi connectivity index (χ2v) is 4.18. The quantitative estimate of drug-likeness (QED) is 0.858. The highest BCUT2D eigenvalue weighted by atomic mass is 19.4. The highest BCUT2D eigenvalue weighted by molar-refractivity contribution is 5.52. The number of aliphatic hydroxyl groups excluding tert-OH is 1. The summed E-state index contributed by atoms with van der Waals surface area (Å²) >= 11 is 0. The standard InChI is InChI=1S/C14H10F3NO2/c15-14(16,17)10-6-7-12(18-20)11(8-10)13(19)9-4-2-1-3-5-9/h1-8,13,19H. The van der Waals surface area contributed by atoms with Crippen LogP contribution in [0.3, 0.4) is 0 Å². The van der Waals surface area contributed by atoms with Gasteiger partial charge in [-0.15, -0.1) is 4.91 Å². The predicted octanol–water partition coefficient (Wildman–Crippen LogP) is 4.19. The van der Waals surface area contributed by atoms with Crippen LogP contribution in [0.2, 0.25) is 0 Å². The molecular formula is C14H10F3NO2. The fourth-order valence-corrected chi connectivity index (χ4v) is 1.85.